The van der Waals surface area contributed by atoms with Gasteiger partial charge in [-0.1, -0.05) is 22.0 Å². The van der Waals surface area contributed by atoms with Gasteiger partial charge in [-0.3, -0.25) is 4.79 Å². The summed E-state index contributed by atoms with van der Waals surface area (Å²) in [4.78, 5) is 12.4. The molecule has 92 valence electrons. The molecule has 0 saturated carbocycles. The lowest BCUT2D eigenvalue weighted by Crippen LogP contribution is -2.05. The molecule has 2 aromatic rings. The Balaban J connectivity index is 2.48. The maximum atomic E-state index is 12.4. The number of anilines is 1. The van der Waals surface area contributed by atoms with E-state index in [-0.39, 0.29) is 5.78 Å². The van der Waals surface area contributed by atoms with Gasteiger partial charge in [-0.25, -0.2) is 0 Å². The molecule has 0 fully saturated rings. The van der Waals surface area contributed by atoms with Gasteiger partial charge in [-0.2, -0.15) is 0 Å². The minimum absolute atomic E-state index is 0.0133. The van der Waals surface area contributed by atoms with E-state index in [9.17, 15) is 4.79 Å². The number of halogens is 1. The zero-order valence-corrected chi connectivity index (χ0v) is 11.9. The smallest absolute Gasteiger partial charge is 0.194 e. The number of rotatable bonds is 2. The lowest BCUT2D eigenvalue weighted by atomic mass is 9.98. The van der Waals surface area contributed by atoms with Crippen LogP contribution in [-0.4, -0.2) is 5.78 Å². The van der Waals surface area contributed by atoms with Crippen molar-refractivity contribution in [3.05, 3.63) is 63.1 Å². The molecule has 0 aliphatic heterocycles. The van der Waals surface area contributed by atoms with Crippen LogP contribution in [0.5, 0.6) is 0 Å². The van der Waals surface area contributed by atoms with Crippen LogP contribution in [0.25, 0.3) is 0 Å². The highest BCUT2D eigenvalue weighted by molar-refractivity contribution is 9.10. The standard InChI is InChI=1S/C15H14BrNO/c1-9-3-5-13(14(16)7-9)15(18)12-6-4-11(17)8-10(12)2/h3-8H,17H2,1-2H3. The van der Waals surface area contributed by atoms with E-state index in [0.29, 0.717) is 16.8 Å². The zero-order valence-electron chi connectivity index (χ0n) is 10.3. The van der Waals surface area contributed by atoms with Crippen LogP contribution in [0.4, 0.5) is 5.69 Å². The Morgan fingerprint density at radius 3 is 2.33 bits per heavy atom. The summed E-state index contributed by atoms with van der Waals surface area (Å²) in [5, 5.41) is 0. The van der Waals surface area contributed by atoms with Gasteiger partial charge in [0, 0.05) is 21.3 Å². The van der Waals surface area contributed by atoms with Crippen LogP contribution in [0.1, 0.15) is 27.0 Å². The average molecular weight is 304 g/mol. The topological polar surface area (TPSA) is 43.1 Å². The van der Waals surface area contributed by atoms with Gasteiger partial charge in [0.05, 0.1) is 0 Å². The first-order valence-electron chi connectivity index (χ1n) is 5.66. The Labute approximate surface area is 115 Å². The lowest BCUT2D eigenvalue weighted by molar-refractivity contribution is 0.103. The fraction of sp³-hybridized carbons (Fsp3) is 0.133. The largest absolute Gasteiger partial charge is 0.399 e. The number of carbonyl (C=O) groups is 1. The van der Waals surface area contributed by atoms with E-state index in [2.05, 4.69) is 15.9 Å². The van der Waals surface area contributed by atoms with Gasteiger partial charge in [-0.05, 0) is 55.3 Å². The van der Waals surface area contributed by atoms with Gasteiger partial charge < -0.3 is 5.73 Å². The van der Waals surface area contributed by atoms with E-state index in [1.54, 1.807) is 12.1 Å². The van der Waals surface area contributed by atoms with Crippen molar-refractivity contribution in [1.29, 1.82) is 0 Å². The minimum Gasteiger partial charge on any atom is -0.399 e. The molecule has 0 unspecified atom stereocenters. The second-order valence-corrected chi connectivity index (χ2v) is 5.24. The normalized spacial score (nSPS) is 10.4. The Kier molecular flexibility index (Phi) is 3.53. The maximum Gasteiger partial charge on any atom is 0.194 e. The van der Waals surface area contributed by atoms with Crippen LogP contribution in [0, 0.1) is 13.8 Å². The van der Waals surface area contributed by atoms with E-state index in [0.717, 1.165) is 15.6 Å². The number of aryl methyl sites for hydroxylation is 2. The van der Waals surface area contributed by atoms with Crippen molar-refractivity contribution in [2.24, 2.45) is 0 Å². The van der Waals surface area contributed by atoms with Gasteiger partial charge >= 0.3 is 0 Å². The highest BCUT2D eigenvalue weighted by atomic mass is 79.9. The first-order valence-corrected chi connectivity index (χ1v) is 6.45. The van der Waals surface area contributed by atoms with Crippen LogP contribution in [0.15, 0.2) is 40.9 Å². The third kappa shape index (κ3) is 2.46. The van der Waals surface area contributed by atoms with Crippen molar-refractivity contribution in [3.63, 3.8) is 0 Å². The summed E-state index contributed by atoms with van der Waals surface area (Å²) in [6.45, 7) is 3.89. The van der Waals surface area contributed by atoms with Crippen LogP contribution in [-0.2, 0) is 0 Å². The number of nitrogen functional groups attached to an aromatic ring is 1. The molecule has 0 heterocycles. The predicted octanol–water partition coefficient (Wildman–Crippen LogP) is 3.88. The van der Waals surface area contributed by atoms with E-state index < -0.39 is 0 Å². The Morgan fingerprint density at radius 1 is 1.06 bits per heavy atom. The van der Waals surface area contributed by atoms with Crippen LogP contribution >= 0.6 is 15.9 Å². The summed E-state index contributed by atoms with van der Waals surface area (Å²) in [6.07, 6.45) is 0. The first kappa shape index (κ1) is 12.8. The molecular formula is C15H14BrNO. The third-order valence-electron chi connectivity index (χ3n) is 2.86. The average Bonchev–Trinajstić information content (AvgIpc) is 2.28. The summed E-state index contributed by atoms with van der Waals surface area (Å²) in [6, 6.07) is 11.1. The number of benzene rings is 2. The van der Waals surface area contributed by atoms with E-state index in [1.165, 1.54) is 0 Å². The van der Waals surface area contributed by atoms with Crippen molar-refractivity contribution in [2.75, 3.05) is 5.73 Å². The van der Waals surface area contributed by atoms with Crippen LogP contribution in [0.3, 0.4) is 0 Å². The predicted molar refractivity (Wildman–Crippen MR) is 77.9 cm³/mol. The molecule has 0 spiro atoms. The van der Waals surface area contributed by atoms with Crippen LogP contribution < -0.4 is 5.73 Å². The minimum atomic E-state index is 0.0133. The van der Waals surface area contributed by atoms with Crippen molar-refractivity contribution in [3.8, 4) is 0 Å². The SMILES string of the molecule is Cc1ccc(C(=O)c2ccc(N)cc2C)c(Br)c1. The molecule has 0 amide bonds. The molecule has 0 bridgehead atoms. The van der Waals surface area contributed by atoms with E-state index in [4.69, 9.17) is 5.73 Å². The molecule has 2 N–H and O–H groups in total. The fourth-order valence-electron chi connectivity index (χ4n) is 1.89. The van der Waals surface area contributed by atoms with Gasteiger partial charge in [0.2, 0.25) is 0 Å². The highest BCUT2D eigenvalue weighted by Gasteiger charge is 2.14. The molecule has 0 aromatic heterocycles. The van der Waals surface area contributed by atoms with E-state index >= 15 is 0 Å². The summed E-state index contributed by atoms with van der Waals surface area (Å²) < 4.78 is 0.823. The van der Waals surface area contributed by atoms with Gasteiger partial charge in [0.25, 0.3) is 0 Å². The van der Waals surface area contributed by atoms with Crippen LogP contribution in [0.2, 0.25) is 0 Å². The molecule has 0 aliphatic rings. The van der Waals surface area contributed by atoms with Gasteiger partial charge in [0.15, 0.2) is 5.78 Å². The summed E-state index contributed by atoms with van der Waals surface area (Å²) in [5.74, 6) is 0.0133. The fourth-order valence-corrected chi connectivity index (χ4v) is 2.56. The van der Waals surface area contributed by atoms with Crippen molar-refractivity contribution < 1.29 is 4.79 Å². The summed E-state index contributed by atoms with van der Waals surface area (Å²) in [5.41, 5.74) is 9.75. The Bertz CT molecular complexity index is 566. The molecular weight excluding hydrogens is 290 g/mol. The quantitative estimate of drug-likeness (QED) is 0.676. The molecule has 0 saturated heterocycles. The molecule has 0 atom stereocenters. The number of nitrogens with two attached hydrogens (primary N) is 1. The molecule has 2 aromatic carbocycles. The van der Waals surface area contributed by atoms with Gasteiger partial charge in [0.1, 0.15) is 0 Å². The third-order valence-corrected chi connectivity index (χ3v) is 3.52. The maximum absolute atomic E-state index is 12.4. The molecule has 0 aliphatic carbocycles. The number of hydrogen-bond donors (Lipinski definition) is 1. The molecule has 18 heavy (non-hydrogen) atoms. The first-order chi connectivity index (χ1) is 8.49. The summed E-state index contributed by atoms with van der Waals surface area (Å²) >= 11 is 3.44. The lowest BCUT2D eigenvalue weighted by Gasteiger charge is -2.08. The van der Waals surface area contributed by atoms with Crippen molar-refractivity contribution in [2.45, 2.75) is 13.8 Å². The molecule has 2 rings (SSSR count). The highest BCUT2D eigenvalue weighted by Crippen LogP contribution is 2.23. The molecule has 3 heteroatoms. The monoisotopic (exact) mass is 303 g/mol. The number of ketones is 1. The van der Waals surface area contributed by atoms with Crippen molar-refractivity contribution in [1.82, 2.24) is 0 Å². The number of hydrogen-bond acceptors (Lipinski definition) is 2. The molecule has 0 radical (unpaired) electrons. The number of carbonyl (C=O) groups excluding carboxylic acids is 1. The Morgan fingerprint density at radius 2 is 1.72 bits per heavy atom. The summed E-state index contributed by atoms with van der Waals surface area (Å²) in [7, 11) is 0. The second-order valence-electron chi connectivity index (χ2n) is 4.39. The van der Waals surface area contributed by atoms with Crippen molar-refractivity contribution >= 4 is 27.4 Å². The molecule has 2 nitrogen and oxygen atoms in total. The Hall–Kier alpha value is -1.61. The van der Waals surface area contributed by atoms with E-state index in [1.807, 2.05) is 38.1 Å². The second kappa shape index (κ2) is 4.94. The van der Waals surface area contributed by atoms with Gasteiger partial charge in [-0.15, -0.1) is 0 Å². The zero-order chi connectivity index (χ0) is 13.3.